The maximum atomic E-state index is 13.8. The van der Waals surface area contributed by atoms with Gasteiger partial charge < -0.3 is 15.0 Å². The molecular formula is C17H12F5N3O4. The zero-order valence-corrected chi connectivity index (χ0v) is 14.5. The van der Waals surface area contributed by atoms with Crippen LogP contribution in [0.2, 0.25) is 0 Å². The molecule has 154 valence electrons. The van der Waals surface area contributed by atoms with Crippen LogP contribution in [0, 0.1) is 39.2 Å². The van der Waals surface area contributed by atoms with Crippen molar-refractivity contribution in [3.63, 3.8) is 0 Å². The van der Waals surface area contributed by atoms with E-state index in [-0.39, 0.29) is 11.4 Å². The van der Waals surface area contributed by atoms with Crippen LogP contribution < -0.4 is 10.2 Å². The number of ether oxygens (including phenoxy) is 1. The highest BCUT2D eigenvalue weighted by atomic mass is 19.2. The van der Waals surface area contributed by atoms with Crippen LogP contribution in [0.1, 0.15) is 10.4 Å². The molecule has 1 heterocycles. The Morgan fingerprint density at radius 3 is 2.10 bits per heavy atom. The number of nitro groups is 1. The Labute approximate surface area is 159 Å². The van der Waals surface area contributed by atoms with Crippen molar-refractivity contribution in [3.8, 4) is 0 Å². The van der Waals surface area contributed by atoms with Crippen molar-refractivity contribution in [2.24, 2.45) is 0 Å². The van der Waals surface area contributed by atoms with Gasteiger partial charge in [0, 0.05) is 24.8 Å². The number of rotatable bonds is 4. The molecule has 2 aromatic rings. The SMILES string of the molecule is O=C(Nc1ccc(N2CCOCC2)c([N+](=O)[O-])c1)c1c(F)c(F)c(F)c(F)c1F. The van der Waals surface area contributed by atoms with Crippen LogP contribution in [0.25, 0.3) is 0 Å². The normalized spacial score (nSPS) is 14.0. The maximum absolute atomic E-state index is 13.8. The summed E-state index contributed by atoms with van der Waals surface area (Å²) in [5.41, 5.74) is -2.14. The van der Waals surface area contributed by atoms with E-state index in [1.54, 1.807) is 4.90 Å². The van der Waals surface area contributed by atoms with Gasteiger partial charge in [-0.2, -0.15) is 0 Å². The standard InChI is InChI=1S/C17H12F5N3O4/c18-12-11(13(19)15(21)16(22)14(12)20)17(26)23-8-1-2-9(10(7-8)25(27)28)24-3-5-29-6-4-24/h1-2,7H,3-6H2,(H,23,26). The van der Waals surface area contributed by atoms with Gasteiger partial charge in [0.25, 0.3) is 11.6 Å². The molecule has 1 aliphatic heterocycles. The van der Waals surface area contributed by atoms with E-state index >= 15 is 0 Å². The predicted molar refractivity (Wildman–Crippen MR) is 90.3 cm³/mol. The number of benzene rings is 2. The number of nitro benzene ring substituents is 1. The average molecular weight is 417 g/mol. The molecular weight excluding hydrogens is 405 g/mol. The summed E-state index contributed by atoms with van der Waals surface area (Å²) >= 11 is 0. The molecule has 1 aliphatic rings. The molecule has 0 aliphatic carbocycles. The lowest BCUT2D eigenvalue weighted by atomic mass is 10.1. The number of amides is 1. The summed E-state index contributed by atoms with van der Waals surface area (Å²) < 4.78 is 72.4. The Morgan fingerprint density at radius 2 is 1.55 bits per heavy atom. The number of morpholine rings is 1. The monoisotopic (exact) mass is 417 g/mol. The van der Waals surface area contributed by atoms with E-state index in [2.05, 4.69) is 0 Å². The molecule has 29 heavy (non-hydrogen) atoms. The Kier molecular flexibility index (Phi) is 5.64. The summed E-state index contributed by atoms with van der Waals surface area (Å²) in [5, 5.41) is 13.3. The van der Waals surface area contributed by atoms with Gasteiger partial charge in [-0.15, -0.1) is 0 Å². The van der Waals surface area contributed by atoms with Crippen molar-refractivity contribution in [1.29, 1.82) is 0 Å². The summed E-state index contributed by atoms with van der Waals surface area (Å²) in [4.78, 5) is 24.4. The number of hydrogen-bond donors (Lipinski definition) is 1. The minimum atomic E-state index is -2.40. The van der Waals surface area contributed by atoms with Crippen molar-refractivity contribution in [2.45, 2.75) is 0 Å². The third-order valence-corrected chi connectivity index (χ3v) is 4.22. The molecule has 0 atom stereocenters. The number of carbonyl (C=O) groups excluding carboxylic acids is 1. The molecule has 2 aromatic carbocycles. The highest BCUT2D eigenvalue weighted by Crippen LogP contribution is 2.32. The number of halogens is 5. The van der Waals surface area contributed by atoms with E-state index in [1.807, 2.05) is 5.32 Å². The second kappa shape index (κ2) is 7.99. The number of nitrogens with one attached hydrogen (secondary N) is 1. The first-order valence-electron chi connectivity index (χ1n) is 8.16. The first-order valence-corrected chi connectivity index (χ1v) is 8.16. The van der Waals surface area contributed by atoms with Crippen molar-refractivity contribution in [1.82, 2.24) is 0 Å². The Bertz CT molecular complexity index is 967. The second-order valence-corrected chi connectivity index (χ2v) is 5.96. The number of nitrogens with zero attached hydrogens (tertiary/aromatic N) is 2. The smallest absolute Gasteiger partial charge is 0.294 e. The third kappa shape index (κ3) is 3.83. The Balaban J connectivity index is 1.94. The fraction of sp³-hybridized carbons (Fsp3) is 0.235. The zero-order valence-electron chi connectivity index (χ0n) is 14.5. The number of hydrogen-bond acceptors (Lipinski definition) is 5. The largest absolute Gasteiger partial charge is 0.378 e. The molecule has 0 bridgehead atoms. The first kappa shape index (κ1) is 20.5. The van der Waals surface area contributed by atoms with Gasteiger partial charge in [-0.1, -0.05) is 0 Å². The summed E-state index contributed by atoms with van der Waals surface area (Å²) in [6.45, 7) is 1.49. The molecule has 0 aromatic heterocycles. The minimum absolute atomic E-state index is 0.229. The average Bonchev–Trinajstić information content (AvgIpc) is 2.71. The molecule has 1 amide bonds. The van der Waals surface area contributed by atoms with Crippen molar-refractivity contribution in [2.75, 3.05) is 36.5 Å². The Hall–Kier alpha value is -3.28. The van der Waals surface area contributed by atoms with Crippen LogP contribution in [-0.4, -0.2) is 37.1 Å². The van der Waals surface area contributed by atoms with Gasteiger partial charge in [-0.25, -0.2) is 22.0 Å². The molecule has 0 spiro atoms. The lowest BCUT2D eigenvalue weighted by Gasteiger charge is -2.28. The molecule has 1 N–H and O–H groups in total. The summed E-state index contributed by atoms with van der Waals surface area (Å²) in [5.74, 6) is -13.2. The van der Waals surface area contributed by atoms with Gasteiger partial charge in [0.05, 0.1) is 18.1 Å². The Morgan fingerprint density at radius 1 is 1.00 bits per heavy atom. The highest BCUT2D eigenvalue weighted by Gasteiger charge is 2.30. The van der Waals surface area contributed by atoms with Gasteiger partial charge in [0.1, 0.15) is 11.3 Å². The molecule has 1 fully saturated rings. The van der Waals surface area contributed by atoms with Gasteiger partial charge >= 0.3 is 0 Å². The van der Waals surface area contributed by atoms with Crippen LogP contribution in [0.15, 0.2) is 18.2 Å². The second-order valence-electron chi connectivity index (χ2n) is 5.96. The quantitative estimate of drug-likeness (QED) is 0.271. The fourth-order valence-corrected chi connectivity index (χ4v) is 2.82. The van der Waals surface area contributed by atoms with E-state index in [0.717, 1.165) is 6.07 Å². The summed E-state index contributed by atoms with van der Waals surface area (Å²) in [7, 11) is 0. The molecule has 1 saturated heterocycles. The lowest BCUT2D eigenvalue weighted by molar-refractivity contribution is -0.384. The van der Waals surface area contributed by atoms with Crippen LogP contribution in [0.4, 0.5) is 39.0 Å². The number of anilines is 2. The predicted octanol–water partition coefficient (Wildman–Crippen LogP) is 3.38. The molecule has 0 radical (unpaired) electrons. The molecule has 7 nitrogen and oxygen atoms in total. The van der Waals surface area contributed by atoms with Gasteiger partial charge in [0.15, 0.2) is 23.3 Å². The molecule has 12 heteroatoms. The molecule has 3 rings (SSSR count). The van der Waals surface area contributed by atoms with Crippen LogP contribution >= 0.6 is 0 Å². The summed E-state index contributed by atoms with van der Waals surface area (Å²) in [6, 6.07) is 3.44. The van der Waals surface area contributed by atoms with Crippen LogP contribution in [0.5, 0.6) is 0 Å². The van der Waals surface area contributed by atoms with Crippen LogP contribution in [0.3, 0.4) is 0 Å². The lowest BCUT2D eigenvalue weighted by Crippen LogP contribution is -2.36. The van der Waals surface area contributed by atoms with Crippen molar-refractivity contribution < 1.29 is 36.4 Å². The molecule has 0 unspecified atom stereocenters. The van der Waals surface area contributed by atoms with Crippen molar-refractivity contribution >= 4 is 23.0 Å². The zero-order chi connectivity index (χ0) is 21.3. The minimum Gasteiger partial charge on any atom is -0.378 e. The number of carbonyl (C=O) groups is 1. The van der Waals surface area contributed by atoms with Crippen molar-refractivity contribution in [3.05, 3.63) is 63.0 Å². The third-order valence-electron chi connectivity index (χ3n) is 4.22. The van der Waals surface area contributed by atoms with E-state index in [4.69, 9.17) is 4.74 Å². The van der Waals surface area contributed by atoms with E-state index in [9.17, 15) is 36.9 Å². The van der Waals surface area contributed by atoms with Crippen LogP contribution in [-0.2, 0) is 4.74 Å². The summed E-state index contributed by atoms with van der Waals surface area (Å²) in [6.07, 6.45) is 0. The van der Waals surface area contributed by atoms with E-state index < -0.39 is 51.2 Å². The van der Waals surface area contributed by atoms with Gasteiger partial charge in [-0.05, 0) is 12.1 Å². The topological polar surface area (TPSA) is 84.7 Å². The highest BCUT2D eigenvalue weighted by molar-refractivity contribution is 6.05. The maximum Gasteiger partial charge on any atom is 0.294 e. The molecule has 0 saturated carbocycles. The van der Waals surface area contributed by atoms with Gasteiger partial charge in [-0.3, -0.25) is 14.9 Å². The first-order chi connectivity index (χ1) is 13.7. The van der Waals surface area contributed by atoms with E-state index in [0.29, 0.717) is 26.3 Å². The van der Waals surface area contributed by atoms with Gasteiger partial charge in [0.2, 0.25) is 5.82 Å². The fourth-order valence-electron chi connectivity index (χ4n) is 2.82. The van der Waals surface area contributed by atoms with E-state index in [1.165, 1.54) is 12.1 Å².